The average molecular weight is 351 g/mol. The molecule has 1 aromatic rings. The lowest BCUT2D eigenvalue weighted by Crippen LogP contribution is -2.50. The summed E-state index contributed by atoms with van der Waals surface area (Å²) < 4.78 is 25.2. The highest BCUT2D eigenvalue weighted by Crippen LogP contribution is 2.27. The first-order chi connectivity index (χ1) is 11.3. The molecule has 3 rings (SSSR count). The van der Waals surface area contributed by atoms with Gasteiger partial charge < -0.3 is 0 Å². The highest BCUT2D eigenvalue weighted by Gasteiger charge is 2.43. The Balaban J connectivity index is 1.65. The summed E-state index contributed by atoms with van der Waals surface area (Å²) in [5.74, 6) is -0.381. The maximum atomic E-state index is 12.7. The van der Waals surface area contributed by atoms with Gasteiger partial charge in [-0.2, -0.15) is 0 Å². The molecule has 0 radical (unpaired) electrons. The number of para-hydroxylation sites is 1. The van der Waals surface area contributed by atoms with Gasteiger partial charge in [-0.3, -0.25) is 14.5 Å². The Bertz CT molecular complexity index is 727. The Morgan fingerprint density at radius 3 is 2.29 bits per heavy atom. The van der Waals surface area contributed by atoms with E-state index in [-0.39, 0.29) is 24.3 Å². The average Bonchev–Trinajstić information content (AvgIpc) is 2.82. The van der Waals surface area contributed by atoms with Crippen LogP contribution in [0.25, 0.3) is 0 Å². The van der Waals surface area contributed by atoms with E-state index in [4.69, 9.17) is 0 Å². The van der Waals surface area contributed by atoms with Crippen molar-refractivity contribution >= 4 is 27.5 Å². The lowest BCUT2D eigenvalue weighted by molar-refractivity contribution is -0.123. The molecule has 2 heterocycles. The van der Waals surface area contributed by atoms with Crippen LogP contribution in [0.4, 0.5) is 5.69 Å². The second-order valence-electron chi connectivity index (χ2n) is 6.32. The molecule has 2 aliphatic rings. The minimum Gasteiger partial charge on any atom is -0.291 e. The van der Waals surface area contributed by atoms with Crippen LogP contribution < -0.4 is 9.62 Å². The second-order valence-corrected chi connectivity index (χ2v) is 8.10. The van der Waals surface area contributed by atoms with Crippen molar-refractivity contribution in [3.05, 3.63) is 30.3 Å². The van der Waals surface area contributed by atoms with Crippen molar-refractivity contribution in [1.82, 2.24) is 9.62 Å². The smallest absolute Gasteiger partial charge is 0.251 e. The van der Waals surface area contributed by atoms with Gasteiger partial charge in [0.2, 0.25) is 15.9 Å². The number of likely N-dealkylation sites (tertiary alicyclic amines) is 1. The molecule has 0 spiro atoms. The maximum absolute atomic E-state index is 12.7. The summed E-state index contributed by atoms with van der Waals surface area (Å²) in [5.41, 5.74) is 0.601. The minimum absolute atomic E-state index is 0.103. The molecule has 0 aromatic heterocycles. The molecule has 2 aliphatic heterocycles. The molecule has 2 amide bonds. The third-order valence-electron chi connectivity index (χ3n) is 4.49. The van der Waals surface area contributed by atoms with Crippen molar-refractivity contribution in [3.8, 4) is 0 Å². The number of anilines is 1. The van der Waals surface area contributed by atoms with Crippen LogP contribution >= 0.6 is 0 Å². The summed E-state index contributed by atoms with van der Waals surface area (Å²) in [4.78, 5) is 28.2. The summed E-state index contributed by atoms with van der Waals surface area (Å²) in [6.45, 7) is 1.19. The van der Waals surface area contributed by atoms with E-state index in [0.29, 0.717) is 31.6 Å². The van der Waals surface area contributed by atoms with Gasteiger partial charge in [-0.25, -0.2) is 18.0 Å². The number of benzene rings is 1. The predicted octanol–water partition coefficient (Wildman–Crippen LogP) is 0.332. The van der Waals surface area contributed by atoms with E-state index in [2.05, 4.69) is 4.72 Å². The first-order valence-electron chi connectivity index (χ1n) is 7.98. The predicted molar refractivity (Wildman–Crippen MR) is 89.9 cm³/mol. The normalized spacial score (nSPS) is 23.9. The van der Waals surface area contributed by atoms with Gasteiger partial charge in [0.15, 0.2) is 0 Å². The second kappa shape index (κ2) is 6.62. The number of carbonyl (C=O) groups is 2. The van der Waals surface area contributed by atoms with Gasteiger partial charge in [0.05, 0.1) is 24.4 Å². The zero-order valence-electron chi connectivity index (χ0n) is 13.5. The highest BCUT2D eigenvalue weighted by molar-refractivity contribution is 7.88. The van der Waals surface area contributed by atoms with Crippen molar-refractivity contribution in [2.45, 2.75) is 31.3 Å². The SMILES string of the molecule is CS(=O)(=O)NC1CCN([C@H]2CC(=O)N(c3ccccc3)C2=O)CC1. The number of imide groups is 1. The van der Waals surface area contributed by atoms with Gasteiger partial charge in [-0.15, -0.1) is 0 Å². The summed E-state index contributed by atoms with van der Waals surface area (Å²) in [7, 11) is -3.22. The molecule has 24 heavy (non-hydrogen) atoms. The van der Waals surface area contributed by atoms with Crippen molar-refractivity contribution in [2.75, 3.05) is 24.2 Å². The quantitative estimate of drug-likeness (QED) is 0.790. The van der Waals surface area contributed by atoms with Gasteiger partial charge in [0, 0.05) is 19.1 Å². The maximum Gasteiger partial charge on any atom is 0.251 e. The summed E-state index contributed by atoms with van der Waals surface area (Å²) in [6, 6.07) is 8.38. The molecule has 1 aromatic carbocycles. The van der Waals surface area contributed by atoms with E-state index in [1.807, 2.05) is 11.0 Å². The third-order valence-corrected chi connectivity index (χ3v) is 5.25. The number of carbonyl (C=O) groups excluding carboxylic acids is 2. The van der Waals surface area contributed by atoms with Crippen LogP contribution in [-0.4, -0.2) is 56.6 Å². The number of hydrogen-bond donors (Lipinski definition) is 1. The molecule has 1 N–H and O–H groups in total. The summed E-state index contributed by atoms with van der Waals surface area (Å²) in [5, 5.41) is 0. The fourth-order valence-electron chi connectivity index (χ4n) is 3.38. The van der Waals surface area contributed by atoms with Crippen molar-refractivity contribution < 1.29 is 18.0 Å². The lowest BCUT2D eigenvalue weighted by Gasteiger charge is -2.34. The zero-order valence-corrected chi connectivity index (χ0v) is 14.3. The summed E-state index contributed by atoms with van der Waals surface area (Å²) >= 11 is 0. The third kappa shape index (κ3) is 3.66. The van der Waals surface area contributed by atoms with E-state index in [9.17, 15) is 18.0 Å². The fourth-order valence-corrected chi connectivity index (χ4v) is 4.22. The number of amides is 2. The van der Waals surface area contributed by atoms with E-state index in [0.717, 1.165) is 6.26 Å². The Labute approximate surface area is 141 Å². The van der Waals surface area contributed by atoms with E-state index in [1.54, 1.807) is 24.3 Å². The molecule has 0 saturated carbocycles. The Morgan fingerprint density at radius 1 is 1.08 bits per heavy atom. The van der Waals surface area contributed by atoms with Crippen LogP contribution in [0.1, 0.15) is 19.3 Å². The van der Waals surface area contributed by atoms with Gasteiger partial charge in [0.1, 0.15) is 0 Å². The minimum atomic E-state index is -3.22. The number of piperidine rings is 1. The lowest BCUT2D eigenvalue weighted by atomic mass is 10.0. The highest BCUT2D eigenvalue weighted by atomic mass is 32.2. The largest absolute Gasteiger partial charge is 0.291 e. The molecule has 2 fully saturated rings. The molecular weight excluding hydrogens is 330 g/mol. The van der Waals surface area contributed by atoms with Crippen LogP contribution in [0, 0.1) is 0 Å². The van der Waals surface area contributed by atoms with Gasteiger partial charge in [0.25, 0.3) is 5.91 Å². The van der Waals surface area contributed by atoms with Crippen molar-refractivity contribution in [1.29, 1.82) is 0 Å². The number of nitrogens with one attached hydrogen (secondary N) is 1. The van der Waals surface area contributed by atoms with Crippen molar-refractivity contribution in [3.63, 3.8) is 0 Å². The first-order valence-corrected chi connectivity index (χ1v) is 9.87. The number of sulfonamides is 1. The molecule has 0 unspecified atom stereocenters. The van der Waals surface area contributed by atoms with E-state index >= 15 is 0 Å². The van der Waals surface area contributed by atoms with Gasteiger partial charge in [-0.1, -0.05) is 18.2 Å². The number of hydrogen-bond acceptors (Lipinski definition) is 5. The first kappa shape index (κ1) is 17.1. The molecule has 2 saturated heterocycles. The van der Waals surface area contributed by atoms with E-state index < -0.39 is 16.1 Å². The molecule has 8 heteroatoms. The van der Waals surface area contributed by atoms with Crippen molar-refractivity contribution in [2.24, 2.45) is 0 Å². The van der Waals surface area contributed by atoms with Gasteiger partial charge in [-0.05, 0) is 25.0 Å². The molecule has 7 nitrogen and oxygen atoms in total. The number of nitrogens with zero attached hydrogens (tertiary/aromatic N) is 2. The standard InChI is InChI=1S/C16H21N3O4S/c1-24(22,23)17-12-7-9-18(10-8-12)14-11-15(20)19(16(14)21)13-5-3-2-4-6-13/h2-6,12,14,17H,7-11H2,1H3/t14-/m0/s1. The topological polar surface area (TPSA) is 86.8 Å². The Kier molecular flexibility index (Phi) is 4.71. The Morgan fingerprint density at radius 2 is 1.71 bits per heavy atom. The van der Waals surface area contributed by atoms with Gasteiger partial charge >= 0.3 is 0 Å². The monoisotopic (exact) mass is 351 g/mol. The van der Waals surface area contributed by atoms with Crippen LogP contribution in [0.3, 0.4) is 0 Å². The Hall–Kier alpha value is -1.77. The van der Waals surface area contributed by atoms with Crippen LogP contribution in [-0.2, 0) is 19.6 Å². The van der Waals surface area contributed by atoms with E-state index in [1.165, 1.54) is 4.90 Å². The molecular formula is C16H21N3O4S. The molecule has 0 bridgehead atoms. The molecule has 130 valence electrons. The van der Waals surface area contributed by atoms with Crippen LogP contribution in [0.15, 0.2) is 30.3 Å². The van der Waals surface area contributed by atoms with Crippen LogP contribution in [0.5, 0.6) is 0 Å². The summed E-state index contributed by atoms with van der Waals surface area (Å²) in [6.07, 6.45) is 2.60. The zero-order chi connectivity index (χ0) is 17.3. The fraction of sp³-hybridized carbons (Fsp3) is 0.500. The molecule has 0 aliphatic carbocycles. The number of rotatable bonds is 4. The molecule has 1 atom stereocenters. The van der Waals surface area contributed by atoms with Crippen LogP contribution in [0.2, 0.25) is 0 Å².